The van der Waals surface area contributed by atoms with Crippen LogP contribution >= 0.6 is 11.6 Å². The maximum atomic E-state index is 13.9. The van der Waals surface area contributed by atoms with E-state index in [9.17, 15) is 9.18 Å². The lowest BCUT2D eigenvalue weighted by Gasteiger charge is -2.24. The van der Waals surface area contributed by atoms with Crippen LogP contribution in [0.1, 0.15) is 35.7 Å². The van der Waals surface area contributed by atoms with E-state index in [4.69, 9.17) is 16.3 Å². The number of hydrogen-bond donors (Lipinski definition) is 0. The third-order valence-corrected chi connectivity index (χ3v) is 5.12. The summed E-state index contributed by atoms with van der Waals surface area (Å²) in [5.74, 6) is -0.311. The predicted molar refractivity (Wildman–Crippen MR) is 102 cm³/mol. The summed E-state index contributed by atoms with van der Waals surface area (Å²) < 4.78 is 19.5. The lowest BCUT2D eigenvalue weighted by molar-refractivity contribution is 0.0539. The number of carbonyl (C=O) groups excluding carboxylic acids is 1. The van der Waals surface area contributed by atoms with Crippen LogP contribution in [0.3, 0.4) is 0 Å². The molecule has 1 aliphatic heterocycles. The van der Waals surface area contributed by atoms with E-state index in [0.717, 1.165) is 25.0 Å². The zero-order valence-corrected chi connectivity index (χ0v) is 15.9. The van der Waals surface area contributed by atoms with E-state index in [1.165, 1.54) is 6.07 Å². The van der Waals surface area contributed by atoms with Gasteiger partial charge >= 0.3 is 0 Å². The zero-order chi connectivity index (χ0) is 18.7. The lowest BCUT2D eigenvalue weighted by atomic mass is 10.0. The molecule has 1 fully saturated rings. The first-order valence-corrected chi connectivity index (χ1v) is 9.34. The number of benzene rings is 2. The van der Waals surface area contributed by atoms with Crippen molar-refractivity contribution in [3.05, 3.63) is 58.4 Å². The molecule has 0 aromatic heterocycles. The van der Waals surface area contributed by atoms with Gasteiger partial charge in [0.2, 0.25) is 0 Å². The molecule has 2 aromatic carbocycles. The van der Waals surface area contributed by atoms with Gasteiger partial charge in [0.05, 0.1) is 6.10 Å². The van der Waals surface area contributed by atoms with Crippen molar-refractivity contribution in [1.29, 1.82) is 0 Å². The van der Waals surface area contributed by atoms with Crippen molar-refractivity contribution in [2.45, 2.75) is 32.8 Å². The molecule has 2 aromatic rings. The van der Waals surface area contributed by atoms with Crippen LogP contribution in [-0.4, -0.2) is 36.6 Å². The van der Waals surface area contributed by atoms with Crippen molar-refractivity contribution >= 4 is 17.5 Å². The molecule has 1 unspecified atom stereocenters. The summed E-state index contributed by atoms with van der Waals surface area (Å²) in [7, 11) is 0. The van der Waals surface area contributed by atoms with Gasteiger partial charge < -0.3 is 9.64 Å². The number of aryl methyl sites for hydroxylation is 1. The molecule has 0 aliphatic carbocycles. The standard InChI is InChI=1S/C21H23ClFNO2/c1-3-24(13-17-5-4-10-26-17)21(25)16-8-6-15(7-9-16)18-12-20(23)14(2)11-19(18)22/h6-9,11-12,17H,3-5,10,13H2,1-2H3. The van der Waals surface area contributed by atoms with Gasteiger partial charge in [0, 0.05) is 35.8 Å². The Hall–Kier alpha value is -1.91. The Balaban J connectivity index is 1.78. The van der Waals surface area contributed by atoms with E-state index in [0.29, 0.717) is 34.8 Å². The molecule has 5 heteroatoms. The fourth-order valence-corrected chi connectivity index (χ4v) is 3.56. The average molecular weight is 376 g/mol. The van der Waals surface area contributed by atoms with Crippen LogP contribution < -0.4 is 0 Å². The van der Waals surface area contributed by atoms with Crippen LogP contribution in [0.5, 0.6) is 0 Å². The molecule has 1 aliphatic rings. The molecule has 1 saturated heterocycles. The van der Waals surface area contributed by atoms with Gasteiger partial charge in [0.15, 0.2) is 0 Å². The smallest absolute Gasteiger partial charge is 0.253 e. The van der Waals surface area contributed by atoms with Crippen LogP contribution in [-0.2, 0) is 4.74 Å². The van der Waals surface area contributed by atoms with Crippen molar-refractivity contribution in [2.75, 3.05) is 19.7 Å². The van der Waals surface area contributed by atoms with E-state index < -0.39 is 0 Å². The Labute approximate surface area is 158 Å². The largest absolute Gasteiger partial charge is 0.376 e. The monoisotopic (exact) mass is 375 g/mol. The number of carbonyl (C=O) groups is 1. The summed E-state index contributed by atoms with van der Waals surface area (Å²) in [4.78, 5) is 14.6. The molecule has 0 N–H and O–H groups in total. The summed E-state index contributed by atoms with van der Waals surface area (Å²) in [5, 5.41) is 0.497. The molecule has 3 nitrogen and oxygen atoms in total. The summed E-state index contributed by atoms with van der Waals surface area (Å²) in [5.41, 5.74) is 2.53. The minimum Gasteiger partial charge on any atom is -0.376 e. The second-order valence-electron chi connectivity index (χ2n) is 6.64. The van der Waals surface area contributed by atoms with Crippen LogP contribution in [0.15, 0.2) is 36.4 Å². The first-order chi connectivity index (χ1) is 12.5. The van der Waals surface area contributed by atoms with Gasteiger partial charge in [-0.05, 0) is 62.1 Å². The van der Waals surface area contributed by atoms with E-state index in [-0.39, 0.29) is 17.8 Å². The van der Waals surface area contributed by atoms with Crippen LogP contribution in [0.2, 0.25) is 5.02 Å². The number of likely N-dealkylation sites (N-methyl/N-ethyl adjacent to an activating group) is 1. The molecule has 26 heavy (non-hydrogen) atoms. The Morgan fingerprint density at radius 1 is 1.31 bits per heavy atom. The number of nitrogens with zero attached hydrogens (tertiary/aromatic N) is 1. The fourth-order valence-electron chi connectivity index (χ4n) is 3.23. The van der Waals surface area contributed by atoms with E-state index in [1.54, 1.807) is 25.1 Å². The normalized spacial score (nSPS) is 16.7. The van der Waals surface area contributed by atoms with Gasteiger partial charge in [-0.3, -0.25) is 4.79 Å². The van der Waals surface area contributed by atoms with Crippen molar-refractivity contribution < 1.29 is 13.9 Å². The lowest BCUT2D eigenvalue weighted by Crippen LogP contribution is -2.37. The molecule has 138 valence electrons. The first kappa shape index (κ1) is 18.9. The maximum Gasteiger partial charge on any atom is 0.253 e. The highest BCUT2D eigenvalue weighted by molar-refractivity contribution is 6.33. The molecule has 3 rings (SSSR count). The molecule has 1 atom stereocenters. The molecule has 0 spiro atoms. The van der Waals surface area contributed by atoms with Gasteiger partial charge in [-0.1, -0.05) is 23.7 Å². The Morgan fingerprint density at radius 3 is 2.65 bits per heavy atom. The topological polar surface area (TPSA) is 29.5 Å². The van der Waals surface area contributed by atoms with Gasteiger partial charge in [0.1, 0.15) is 5.82 Å². The second-order valence-corrected chi connectivity index (χ2v) is 7.04. The minimum atomic E-state index is -0.293. The highest BCUT2D eigenvalue weighted by atomic mass is 35.5. The molecule has 1 heterocycles. The highest BCUT2D eigenvalue weighted by Crippen LogP contribution is 2.30. The summed E-state index contributed by atoms with van der Waals surface area (Å²) in [6, 6.07) is 10.2. The van der Waals surface area contributed by atoms with E-state index in [1.807, 2.05) is 24.0 Å². The van der Waals surface area contributed by atoms with E-state index >= 15 is 0 Å². The Bertz CT molecular complexity index is 785. The van der Waals surface area contributed by atoms with Crippen LogP contribution in [0, 0.1) is 12.7 Å². The van der Waals surface area contributed by atoms with Crippen molar-refractivity contribution in [3.8, 4) is 11.1 Å². The predicted octanol–water partition coefficient (Wildman–Crippen LogP) is 5.10. The van der Waals surface area contributed by atoms with Crippen LogP contribution in [0.25, 0.3) is 11.1 Å². The molecule has 0 radical (unpaired) electrons. The number of halogens is 2. The van der Waals surface area contributed by atoms with Crippen molar-refractivity contribution in [2.24, 2.45) is 0 Å². The first-order valence-electron chi connectivity index (χ1n) is 8.96. The fraction of sp³-hybridized carbons (Fsp3) is 0.381. The number of amides is 1. The van der Waals surface area contributed by atoms with Crippen molar-refractivity contribution in [3.63, 3.8) is 0 Å². The van der Waals surface area contributed by atoms with Gasteiger partial charge in [-0.15, -0.1) is 0 Å². The molecule has 0 bridgehead atoms. The highest BCUT2D eigenvalue weighted by Gasteiger charge is 2.22. The van der Waals surface area contributed by atoms with Gasteiger partial charge in [0.25, 0.3) is 5.91 Å². The van der Waals surface area contributed by atoms with Gasteiger partial charge in [-0.25, -0.2) is 4.39 Å². The molecule has 0 saturated carbocycles. The quantitative estimate of drug-likeness (QED) is 0.728. The minimum absolute atomic E-state index is 0.0178. The maximum absolute atomic E-state index is 13.9. The number of rotatable bonds is 5. The van der Waals surface area contributed by atoms with E-state index in [2.05, 4.69) is 0 Å². The Morgan fingerprint density at radius 2 is 2.04 bits per heavy atom. The third-order valence-electron chi connectivity index (χ3n) is 4.81. The number of ether oxygens (including phenoxy) is 1. The number of hydrogen-bond acceptors (Lipinski definition) is 2. The van der Waals surface area contributed by atoms with Crippen molar-refractivity contribution in [1.82, 2.24) is 4.90 Å². The summed E-state index contributed by atoms with van der Waals surface area (Å²) >= 11 is 6.25. The SMILES string of the molecule is CCN(CC1CCCO1)C(=O)c1ccc(-c2cc(F)c(C)cc2Cl)cc1. The molecular weight excluding hydrogens is 353 g/mol. The average Bonchev–Trinajstić information content (AvgIpc) is 3.15. The third kappa shape index (κ3) is 4.08. The zero-order valence-electron chi connectivity index (χ0n) is 15.1. The van der Waals surface area contributed by atoms with Gasteiger partial charge in [-0.2, -0.15) is 0 Å². The molecule has 1 amide bonds. The molecular formula is C21H23ClFNO2. The second kappa shape index (κ2) is 8.19. The Kier molecular flexibility index (Phi) is 5.94. The summed E-state index contributed by atoms with van der Waals surface area (Å²) in [6.45, 7) is 5.68. The summed E-state index contributed by atoms with van der Waals surface area (Å²) in [6.07, 6.45) is 2.19. The van der Waals surface area contributed by atoms with Crippen LogP contribution in [0.4, 0.5) is 4.39 Å².